The van der Waals surface area contributed by atoms with E-state index in [2.05, 4.69) is 31.2 Å². The van der Waals surface area contributed by atoms with E-state index in [1.54, 1.807) is 23.6 Å². The van der Waals surface area contributed by atoms with Crippen molar-refractivity contribution in [2.75, 3.05) is 0 Å². The van der Waals surface area contributed by atoms with Crippen molar-refractivity contribution in [2.24, 2.45) is 0 Å². The van der Waals surface area contributed by atoms with Crippen LogP contribution in [0, 0.1) is 6.92 Å². The molecule has 134 valence electrons. The summed E-state index contributed by atoms with van der Waals surface area (Å²) >= 11 is 3.24. The molecule has 1 heterocycles. The first-order valence-electron chi connectivity index (χ1n) is 7.54. The first kappa shape index (κ1) is 18.3. The van der Waals surface area contributed by atoms with Gasteiger partial charge in [-0.3, -0.25) is 14.8 Å². The van der Waals surface area contributed by atoms with E-state index in [1.807, 2.05) is 30.3 Å². The van der Waals surface area contributed by atoms with Crippen molar-refractivity contribution in [3.63, 3.8) is 0 Å². The van der Waals surface area contributed by atoms with Crippen molar-refractivity contribution >= 4 is 31.9 Å². The zero-order chi connectivity index (χ0) is 18.7. The van der Waals surface area contributed by atoms with Gasteiger partial charge in [0, 0.05) is 10.2 Å². The molecule has 3 rings (SSSR count). The summed E-state index contributed by atoms with van der Waals surface area (Å²) in [6, 6.07) is 14.0. The Morgan fingerprint density at radius 1 is 1.15 bits per heavy atom. The number of hydrogen-bond acceptors (Lipinski definition) is 4. The summed E-state index contributed by atoms with van der Waals surface area (Å²) < 4.78 is 27.1. The average Bonchev–Trinajstić information content (AvgIpc) is 3.12. The predicted octanol–water partition coefficient (Wildman–Crippen LogP) is 2.57. The number of para-hydroxylation sites is 1. The Morgan fingerprint density at radius 3 is 2.62 bits per heavy atom. The van der Waals surface area contributed by atoms with E-state index in [1.165, 1.54) is 18.6 Å². The number of amides is 1. The van der Waals surface area contributed by atoms with Crippen LogP contribution in [0.1, 0.15) is 16.1 Å². The van der Waals surface area contributed by atoms with E-state index in [0.29, 0.717) is 10.0 Å². The Kier molecular flexibility index (Phi) is 5.21. The average molecular weight is 435 g/mol. The highest BCUT2D eigenvalue weighted by Gasteiger charge is 2.20. The van der Waals surface area contributed by atoms with Gasteiger partial charge in [0.1, 0.15) is 5.69 Å². The van der Waals surface area contributed by atoms with Gasteiger partial charge in [0.25, 0.3) is 15.9 Å². The van der Waals surface area contributed by atoms with Crippen LogP contribution in [0.25, 0.3) is 5.69 Å². The molecule has 0 saturated carbocycles. The zero-order valence-electron chi connectivity index (χ0n) is 13.7. The molecule has 0 unspecified atom stereocenters. The van der Waals surface area contributed by atoms with E-state index in [-0.39, 0.29) is 10.6 Å². The van der Waals surface area contributed by atoms with E-state index in [9.17, 15) is 13.2 Å². The summed E-state index contributed by atoms with van der Waals surface area (Å²) in [6.45, 7) is 1.67. The number of benzene rings is 2. The molecule has 26 heavy (non-hydrogen) atoms. The normalized spacial score (nSPS) is 11.3. The molecule has 0 aliphatic rings. The van der Waals surface area contributed by atoms with Gasteiger partial charge in [-0.1, -0.05) is 40.2 Å². The Labute approximate surface area is 159 Å². The maximum absolute atomic E-state index is 12.5. The number of nitrogens with zero attached hydrogens (tertiary/aromatic N) is 2. The molecule has 3 aromatic rings. The number of imidazole rings is 1. The fourth-order valence-corrected chi connectivity index (χ4v) is 3.98. The Hall–Kier alpha value is -2.49. The van der Waals surface area contributed by atoms with E-state index >= 15 is 0 Å². The van der Waals surface area contributed by atoms with Crippen molar-refractivity contribution in [1.29, 1.82) is 0 Å². The molecule has 1 amide bonds. The van der Waals surface area contributed by atoms with Crippen LogP contribution in [0.5, 0.6) is 0 Å². The summed E-state index contributed by atoms with van der Waals surface area (Å²) in [7, 11) is -3.92. The Bertz CT molecular complexity index is 1050. The molecular formula is C17H15BrN4O3S. The minimum absolute atomic E-state index is 0.0729. The second kappa shape index (κ2) is 7.40. The van der Waals surface area contributed by atoms with Gasteiger partial charge in [0.15, 0.2) is 0 Å². The summed E-state index contributed by atoms with van der Waals surface area (Å²) in [5.41, 5.74) is 3.72. The van der Waals surface area contributed by atoms with E-state index < -0.39 is 15.9 Å². The van der Waals surface area contributed by atoms with Gasteiger partial charge in [-0.05, 0) is 36.8 Å². The minimum atomic E-state index is -3.92. The van der Waals surface area contributed by atoms with Gasteiger partial charge in [-0.2, -0.15) is 0 Å². The van der Waals surface area contributed by atoms with E-state index in [0.717, 1.165) is 5.69 Å². The standard InChI is InChI=1S/C17H15BrN4O3S/c1-12-7-8-13(18)9-16(12)26(24,25)21-20-17(23)15-10-19-11-22(15)14-5-3-2-4-6-14/h2-11,21H,1H3,(H,20,23). The lowest BCUT2D eigenvalue weighted by Crippen LogP contribution is -2.42. The van der Waals surface area contributed by atoms with Gasteiger partial charge in [-0.15, -0.1) is 4.83 Å². The fourth-order valence-electron chi connectivity index (χ4n) is 2.35. The maximum Gasteiger partial charge on any atom is 0.284 e. The Balaban J connectivity index is 1.80. The second-order valence-electron chi connectivity index (χ2n) is 5.45. The van der Waals surface area contributed by atoms with Crippen molar-refractivity contribution in [2.45, 2.75) is 11.8 Å². The van der Waals surface area contributed by atoms with Crippen LogP contribution < -0.4 is 10.3 Å². The smallest absolute Gasteiger partial charge is 0.284 e. The number of aromatic nitrogens is 2. The molecule has 2 aromatic carbocycles. The SMILES string of the molecule is Cc1ccc(Br)cc1S(=O)(=O)NNC(=O)c1cncn1-c1ccccc1. The topological polar surface area (TPSA) is 93.1 Å². The highest BCUT2D eigenvalue weighted by atomic mass is 79.9. The van der Waals surface area contributed by atoms with Crippen molar-refractivity contribution < 1.29 is 13.2 Å². The van der Waals surface area contributed by atoms with Crippen LogP contribution in [0.15, 0.2) is 70.4 Å². The van der Waals surface area contributed by atoms with Crippen molar-refractivity contribution in [3.05, 3.63) is 76.8 Å². The van der Waals surface area contributed by atoms with Crippen LogP contribution in [-0.2, 0) is 10.0 Å². The number of hydrogen-bond donors (Lipinski definition) is 2. The number of hydrazine groups is 1. The quantitative estimate of drug-likeness (QED) is 0.603. The highest BCUT2D eigenvalue weighted by molar-refractivity contribution is 9.10. The minimum Gasteiger partial charge on any atom is -0.295 e. The number of aryl methyl sites for hydroxylation is 1. The van der Waals surface area contributed by atoms with Gasteiger partial charge in [0.05, 0.1) is 17.4 Å². The van der Waals surface area contributed by atoms with Crippen LogP contribution in [0.2, 0.25) is 0 Å². The third-order valence-electron chi connectivity index (χ3n) is 3.64. The number of halogens is 1. The van der Waals surface area contributed by atoms with Crippen LogP contribution in [0.4, 0.5) is 0 Å². The molecule has 0 aliphatic carbocycles. The molecule has 0 spiro atoms. The van der Waals surface area contributed by atoms with Crippen molar-refractivity contribution in [3.8, 4) is 5.69 Å². The number of sulfonamides is 1. The molecular weight excluding hydrogens is 420 g/mol. The predicted molar refractivity (Wildman–Crippen MR) is 100 cm³/mol. The molecule has 0 atom stereocenters. The lowest BCUT2D eigenvalue weighted by molar-refractivity contribution is 0.0938. The number of nitrogens with one attached hydrogen (secondary N) is 2. The van der Waals surface area contributed by atoms with Gasteiger partial charge in [-0.25, -0.2) is 13.4 Å². The van der Waals surface area contributed by atoms with Gasteiger partial charge < -0.3 is 0 Å². The molecule has 0 aliphatic heterocycles. The summed E-state index contributed by atoms with van der Waals surface area (Å²) in [5, 5.41) is 0. The molecule has 2 N–H and O–H groups in total. The molecule has 1 aromatic heterocycles. The molecule has 0 saturated heterocycles. The Morgan fingerprint density at radius 2 is 1.88 bits per heavy atom. The first-order valence-corrected chi connectivity index (χ1v) is 9.82. The van der Waals surface area contributed by atoms with Gasteiger partial charge >= 0.3 is 0 Å². The number of carbonyl (C=O) groups excluding carboxylic acids is 1. The largest absolute Gasteiger partial charge is 0.295 e. The monoisotopic (exact) mass is 434 g/mol. The molecule has 0 fully saturated rings. The fraction of sp³-hybridized carbons (Fsp3) is 0.0588. The summed E-state index contributed by atoms with van der Waals surface area (Å²) in [4.78, 5) is 18.6. The summed E-state index contributed by atoms with van der Waals surface area (Å²) in [5.74, 6) is -0.623. The number of carbonyl (C=O) groups is 1. The maximum atomic E-state index is 12.5. The van der Waals surface area contributed by atoms with Crippen LogP contribution in [-0.4, -0.2) is 23.9 Å². The second-order valence-corrected chi connectivity index (χ2v) is 8.02. The van der Waals surface area contributed by atoms with Gasteiger partial charge in [0.2, 0.25) is 0 Å². The first-order chi connectivity index (χ1) is 12.4. The lowest BCUT2D eigenvalue weighted by atomic mass is 10.2. The third-order valence-corrected chi connectivity index (χ3v) is 5.53. The molecule has 7 nitrogen and oxygen atoms in total. The lowest BCUT2D eigenvalue weighted by Gasteiger charge is -2.12. The molecule has 0 bridgehead atoms. The highest BCUT2D eigenvalue weighted by Crippen LogP contribution is 2.20. The summed E-state index contributed by atoms with van der Waals surface area (Å²) in [6.07, 6.45) is 2.85. The zero-order valence-corrected chi connectivity index (χ0v) is 16.1. The van der Waals surface area contributed by atoms with E-state index in [4.69, 9.17) is 0 Å². The third kappa shape index (κ3) is 3.85. The van der Waals surface area contributed by atoms with Crippen molar-refractivity contribution in [1.82, 2.24) is 19.8 Å². The van der Waals surface area contributed by atoms with Crippen LogP contribution >= 0.6 is 15.9 Å². The molecule has 9 heteroatoms. The van der Waals surface area contributed by atoms with Crippen LogP contribution in [0.3, 0.4) is 0 Å². The number of rotatable bonds is 5. The molecule has 0 radical (unpaired) electrons.